The quantitative estimate of drug-likeness (QED) is 0.289. The van der Waals surface area contributed by atoms with Crippen LogP contribution in [0.5, 0.6) is 5.75 Å². The van der Waals surface area contributed by atoms with E-state index in [0.29, 0.717) is 16.5 Å². The van der Waals surface area contributed by atoms with Crippen LogP contribution in [-0.2, 0) is 11.4 Å². The molecule has 1 unspecified atom stereocenters. The minimum atomic E-state index is -0.276. The zero-order valence-corrected chi connectivity index (χ0v) is 20.1. The molecule has 0 aromatic heterocycles. The third kappa shape index (κ3) is 4.91. The second kappa shape index (κ2) is 9.84. The minimum absolute atomic E-state index is 0.115. The van der Waals surface area contributed by atoms with Crippen LogP contribution >= 0.6 is 23.4 Å². The van der Waals surface area contributed by atoms with E-state index in [4.69, 9.17) is 16.3 Å². The van der Waals surface area contributed by atoms with Gasteiger partial charge >= 0.3 is 0 Å². The fourth-order valence-electron chi connectivity index (χ4n) is 3.91. The molecule has 1 aliphatic heterocycles. The standard InChI is InChI=1S/C28H23ClN2O2S/c1-18-15-21(29)12-13-24(18)30-28-31-27(32)26(34-28)16-23-22-10-6-5-9-20(22)11-14-25(23)33-17-19-7-3-2-4-8-19/h2-16,28,30H,17H2,1H3,(H,31,32)/b26-16-. The Balaban J connectivity index is 1.44. The van der Waals surface area contributed by atoms with Gasteiger partial charge in [-0.05, 0) is 59.2 Å². The molecule has 34 heavy (non-hydrogen) atoms. The largest absolute Gasteiger partial charge is 0.488 e. The monoisotopic (exact) mass is 486 g/mol. The van der Waals surface area contributed by atoms with Crippen LogP contribution in [0.3, 0.4) is 0 Å². The lowest BCUT2D eigenvalue weighted by Gasteiger charge is -2.15. The average Bonchev–Trinajstić information content (AvgIpc) is 3.19. The lowest BCUT2D eigenvalue weighted by Crippen LogP contribution is -2.31. The fourth-order valence-corrected chi connectivity index (χ4v) is 5.10. The Bertz CT molecular complexity index is 1390. The summed E-state index contributed by atoms with van der Waals surface area (Å²) in [5.41, 5.74) is 3.66. The number of aryl methyl sites for hydroxylation is 1. The van der Waals surface area contributed by atoms with Gasteiger partial charge in [0.15, 0.2) is 5.50 Å². The molecule has 5 rings (SSSR count). The van der Waals surface area contributed by atoms with Crippen molar-refractivity contribution < 1.29 is 9.53 Å². The summed E-state index contributed by atoms with van der Waals surface area (Å²) in [6, 6.07) is 27.9. The zero-order chi connectivity index (χ0) is 23.5. The van der Waals surface area contributed by atoms with Gasteiger partial charge in [0.25, 0.3) is 5.91 Å². The summed E-state index contributed by atoms with van der Waals surface area (Å²) < 4.78 is 6.21. The molecule has 2 N–H and O–H groups in total. The number of fused-ring (bicyclic) bond motifs is 1. The van der Waals surface area contributed by atoms with Gasteiger partial charge in [-0.15, -0.1) is 0 Å². The van der Waals surface area contributed by atoms with Crippen molar-refractivity contribution in [2.75, 3.05) is 5.32 Å². The molecule has 0 saturated carbocycles. The summed E-state index contributed by atoms with van der Waals surface area (Å²) in [4.78, 5) is 13.5. The third-order valence-electron chi connectivity index (χ3n) is 5.65. The van der Waals surface area contributed by atoms with Crippen molar-refractivity contribution in [2.45, 2.75) is 19.0 Å². The lowest BCUT2D eigenvalue weighted by molar-refractivity contribution is -0.116. The number of halogens is 1. The molecule has 6 heteroatoms. The van der Waals surface area contributed by atoms with E-state index in [2.05, 4.69) is 22.8 Å². The molecule has 0 bridgehead atoms. The first kappa shape index (κ1) is 22.4. The van der Waals surface area contributed by atoms with E-state index < -0.39 is 0 Å². The van der Waals surface area contributed by atoms with Crippen molar-refractivity contribution in [1.82, 2.24) is 5.32 Å². The topological polar surface area (TPSA) is 50.4 Å². The van der Waals surface area contributed by atoms with Gasteiger partial charge in [-0.25, -0.2) is 0 Å². The van der Waals surface area contributed by atoms with Crippen LogP contribution in [0.2, 0.25) is 5.02 Å². The number of thioether (sulfide) groups is 1. The zero-order valence-electron chi connectivity index (χ0n) is 18.5. The molecule has 1 atom stereocenters. The van der Waals surface area contributed by atoms with Gasteiger partial charge < -0.3 is 15.4 Å². The van der Waals surface area contributed by atoms with Crippen LogP contribution in [0, 0.1) is 6.92 Å². The van der Waals surface area contributed by atoms with Gasteiger partial charge in [-0.2, -0.15) is 0 Å². The van der Waals surface area contributed by atoms with Crippen molar-refractivity contribution in [3.05, 3.63) is 112 Å². The van der Waals surface area contributed by atoms with Crippen molar-refractivity contribution in [2.24, 2.45) is 0 Å². The number of rotatable bonds is 6. The van der Waals surface area contributed by atoms with Crippen molar-refractivity contribution in [1.29, 1.82) is 0 Å². The summed E-state index contributed by atoms with van der Waals surface area (Å²) in [6.45, 7) is 2.44. The maximum Gasteiger partial charge on any atom is 0.260 e. The third-order valence-corrected chi connectivity index (χ3v) is 6.91. The normalized spacial score (nSPS) is 16.6. The molecule has 0 aliphatic carbocycles. The average molecular weight is 487 g/mol. The van der Waals surface area contributed by atoms with E-state index in [1.165, 1.54) is 11.8 Å². The first-order chi connectivity index (χ1) is 16.6. The molecule has 1 fully saturated rings. The van der Waals surface area contributed by atoms with Crippen LogP contribution in [0.4, 0.5) is 5.69 Å². The number of ether oxygens (including phenoxy) is 1. The Labute approximate surface area is 208 Å². The molecule has 4 aromatic carbocycles. The Kier molecular flexibility index (Phi) is 6.48. The van der Waals surface area contributed by atoms with Gasteiger partial charge in [0.2, 0.25) is 0 Å². The lowest BCUT2D eigenvalue weighted by atomic mass is 10.0. The van der Waals surface area contributed by atoms with Gasteiger partial charge in [-0.3, -0.25) is 4.79 Å². The number of carbonyl (C=O) groups excluding carboxylic acids is 1. The minimum Gasteiger partial charge on any atom is -0.488 e. The Morgan fingerprint density at radius 3 is 2.65 bits per heavy atom. The van der Waals surface area contributed by atoms with Crippen LogP contribution in [-0.4, -0.2) is 11.4 Å². The van der Waals surface area contributed by atoms with Crippen molar-refractivity contribution in [3.8, 4) is 5.75 Å². The number of hydrogen-bond acceptors (Lipinski definition) is 4. The van der Waals surface area contributed by atoms with Gasteiger partial charge in [0.1, 0.15) is 12.4 Å². The molecule has 1 amide bonds. The van der Waals surface area contributed by atoms with E-state index >= 15 is 0 Å². The SMILES string of the molecule is Cc1cc(Cl)ccc1NC1NC(=O)/C(=C/c2c(OCc3ccccc3)ccc3ccccc23)S1. The highest BCUT2D eigenvalue weighted by molar-refractivity contribution is 8.05. The van der Waals surface area contributed by atoms with Gasteiger partial charge in [0, 0.05) is 16.3 Å². The van der Waals surface area contributed by atoms with Crippen LogP contribution in [0.15, 0.2) is 89.8 Å². The summed E-state index contributed by atoms with van der Waals surface area (Å²) in [7, 11) is 0. The van der Waals surface area contributed by atoms with E-state index in [0.717, 1.165) is 38.9 Å². The molecule has 0 radical (unpaired) electrons. The molecule has 1 heterocycles. The van der Waals surface area contributed by atoms with Gasteiger partial charge in [-0.1, -0.05) is 84.0 Å². The maximum absolute atomic E-state index is 12.8. The Morgan fingerprint density at radius 1 is 1.03 bits per heavy atom. The van der Waals surface area contributed by atoms with E-state index in [-0.39, 0.29) is 11.4 Å². The number of hydrogen-bond donors (Lipinski definition) is 2. The second-order valence-electron chi connectivity index (χ2n) is 8.06. The summed E-state index contributed by atoms with van der Waals surface area (Å²) in [5.74, 6) is 0.629. The summed E-state index contributed by atoms with van der Waals surface area (Å²) >= 11 is 7.53. The van der Waals surface area contributed by atoms with Crippen molar-refractivity contribution in [3.63, 3.8) is 0 Å². The summed E-state index contributed by atoms with van der Waals surface area (Å²) in [5, 5.41) is 9.21. The number of nitrogens with one attached hydrogen (secondary N) is 2. The molecule has 0 spiro atoms. The molecule has 170 valence electrons. The molecule has 4 aromatic rings. The van der Waals surface area contributed by atoms with Crippen LogP contribution < -0.4 is 15.4 Å². The van der Waals surface area contributed by atoms with Gasteiger partial charge in [0.05, 0.1) is 4.91 Å². The Morgan fingerprint density at radius 2 is 1.82 bits per heavy atom. The fraction of sp³-hybridized carbons (Fsp3) is 0.107. The van der Waals surface area contributed by atoms with E-state index in [9.17, 15) is 4.79 Å². The first-order valence-corrected chi connectivity index (χ1v) is 12.2. The first-order valence-electron chi connectivity index (χ1n) is 11.0. The smallest absolute Gasteiger partial charge is 0.260 e. The molecular formula is C28H23ClN2O2S. The van der Waals surface area contributed by atoms with E-state index in [1.807, 2.05) is 85.8 Å². The molecule has 4 nitrogen and oxygen atoms in total. The highest BCUT2D eigenvalue weighted by atomic mass is 35.5. The number of carbonyl (C=O) groups is 1. The molecule has 1 aliphatic rings. The highest BCUT2D eigenvalue weighted by Crippen LogP contribution is 2.36. The predicted molar refractivity (Wildman–Crippen MR) is 142 cm³/mol. The molecular weight excluding hydrogens is 464 g/mol. The van der Waals surface area contributed by atoms with Crippen LogP contribution in [0.1, 0.15) is 16.7 Å². The van der Waals surface area contributed by atoms with Crippen molar-refractivity contribution >= 4 is 51.8 Å². The number of anilines is 1. The summed E-state index contributed by atoms with van der Waals surface area (Å²) in [6.07, 6.45) is 1.93. The Hall–Kier alpha value is -3.41. The number of amides is 1. The van der Waals surface area contributed by atoms with E-state index in [1.54, 1.807) is 0 Å². The number of benzene rings is 4. The molecule has 1 saturated heterocycles. The second-order valence-corrected chi connectivity index (χ2v) is 9.64. The predicted octanol–water partition coefficient (Wildman–Crippen LogP) is 6.98. The maximum atomic E-state index is 12.8. The highest BCUT2D eigenvalue weighted by Gasteiger charge is 2.28. The van der Waals surface area contributed by atoms with Crippen LogP contribution in [0.25, 0.3) is 16.8 Å².